The molecule has 1 fully saturated rings. The number of rotatable bonds is 15. The summed E-state index contributed by atoms with van der Waals surface area (Å²) in [7, 11) is 3.12. The second-order valence-electron chi connectivity index (χ2n) is 11.4. The maximum Gasteiger partial charge on any atom is 0.305 e. The second-order valence-corrected chi connectivity index (χ2v) is 11.4. The molecule has 0 amide bonds. The third-order valence-electron chi connectivity index (χ3n) is 8.28. The smallest absolute Gasteiger partial charge is 0.305 e. The summed E-state index contributed by atoms with van der Waals surface area (Å²) >= 11 is 0. The average molecular weight is 588 g/mol. The normalized spacial score (nSPS) is 14.7. The summed E-state index contributed by atoms with van der Waals surface area (Å²) in [5.74, 6) is 4.11. The van der Waals surface area contributed by atoms with Crippen molar-refractivity contribution in [3.8, 4) is 11.5 Å². The summed E-state index contributed by atoms with van der Waals surface area (Å²) in [6.45, 7) is 2.35. The van der Waals surface area contributed by atoms with E-state index in [2.05, 4.69) is 32.4 Å². The van der Waals surface area contributed by atoms with E-state index in [1.54, 1.807) is 7.11 Å². The quantitative estimate of drug-likeness (QED) is 0.143. The van der Waals surface area contributed by atoms with Crippen LogP contribution in [0.1, 0.15) is 75.3 Å². The lowest BCUT2D eigenvalue weighted by molar-refractivity contribution is -0.140. The summed E-state index contributed by atoms with van der Waals surface area (Å²) in [5.41, 5.74) is 3.34. The SMILES string of the molecule is COC(=O)CCCCCCOc1ccc(Nc2nc(NC3CCCCC3)c3c(n2)N(Cc2ccc(OC)cc2)CC3)cc1. The summed E-state index contributed by atoms with van der Waals surface area (Å²) in [4.78, 5) is 23.6. The highest BCUT2D eigenvalue weighted by Gasteiger charge is 2.27. The third-order valence-corrected chi connectivity index (χ3v) is 8.28. The monoisotopic (exact) mass is 587 g/mol. The molecule has 2 heterocycles. The largest absolute Gasteiger partial charge is 0.497 e. The molecular weight excluding hydrogens is 542 g/mol. The molecule has 1 aromatic heterocycles. The number of carbonyl (C=O) groups excluding carboxylic acids is 1. The number of esters is 1. The summed E-state index contributed by atoms with van der Waals surface area (Å²) in [6, 6.07) is 16.7. The first-order chi connectivity index (χ1) is 21.1. The number of aromatic nitrogens is 2. The Morgan fingerprint density at radius 3 is 2.40 bits per heavy atom. The van der Waals surface area contributed by atoms with E-state index < -0.39 is 0 Å². The van der Waals surface area contributed by atoms with Crippen LogP contribution in [0.4, 0.5) is 23.3 Å². The Balaban J connectivity index is 1.22. The Morgan fingerprint density at radius 1 is 0.907 bits per heavy atom. The first-order valence-electron chi connectivity index (χ1n) is 15.7. The van der Waals surface area contributed by atoms with Crippen LogP contribution in [0, 0.1) is 0 Å². The Hall–Kier alpha value is -4.01. The van der Waals surface area contributed by atoms with Gasteiger partial charge >= 0.3 is 5.97 Å². The van der Waals surface area contributed by atoms with Crippen LogP contribution < -0.4 is 25.0 Å². The van der Waals surface area contributed by atoms with Gasteiger partial charge in [0, 0.05) is 36.8 Å². The van der Waals surface area contributed by atoms with E-state index >= 15 is 0 Å². The number of nitrogens with one attached hydrogen (secondary N) is 2. The van der Waals surface area contributed by atoms with Crippen molar-refractivity contribution in [3.05, 3.63) is 59.7 Å². The van der Waals surface area contributed by atoms with Crippen LogP contribution in [-0.2, 0) is 22.5 Å². The number of hydrogen-bond donors (Lipinski definition) is 2. The second kappa shape index (κ2) is 15.5. The van der Waals surface area contributed by atoms with Crippen molar-refractivity contribution in [2.24, 2.45) is 0 Å². The molecule has 1 saturated carbocycles. The fourth-order valence-corrected chi connectivity index (χ4v) is 5.82. The van der Waals surface area contributed by atoms with Crippen LogP contribution >= 0.6 is 0 Å². The maximum absolute atomic E-state index is 11.2. The topological polar surface area (TPSA) is 97.8 Å². The van der Waals surface area contributed by atoms with E-state index in [1.165, 1.54) is 50.3 Å². The molecule has 1 aliphatic heterocycles. The lowest BCUT2D eigenvalue weighted by Crippen LogP contribution is -2.24. The molecule has 2 aliphatic rings. The zero-order chi connectivity index (χ0) is 29.9. The Bertz CT molecular complexity index is 1310. The number of benzene rings is 2. The van der Waals surface area contributed by atoms with Gasteiger partial charge in [0.2, 0.25) is 5.95 Å². The van der Waals surface area contributed by atoms with Crippen LogP contribution in [0.15, 0.2) is 48.5 Å². The molecule has 2 N–H and O–H groups in total. The van der Waals surface area contributed by atoms with Crippen molar-refractivity contribution in [1.29, 1.82) is 0 Å². The van der Waals surface area contributed by atoms with Gasteiger partial charge in [-0.05, 0) is 74.1 Å². The lowest BCUT2D eigenvalue weighted by Gasteiger charge is -2.25. The van der Waals surface area contributed by atoms with Crippen LogP contribution in [0.5, 0.6) is 11.5 Å². The molecule has 0 bridgehead atoms. The van der Waals surface area contributed by atoms with Crippen LogP contribution in [-0.4, -0.2) is 49.4 Å². The number of ether oxygens (including phenoxy) is 3. The number of hydrogen-bond acceptors (Lipinski definition) is 9. The van der Waals surface area contributed by atoms with Gasteiger partial charge in [-0.25, -0.2) is 0 Å². The third kappa shape index (κ3) is 8.75. The van der Waals surface area contributed by atoms with Crippen LogP contribution in [0.3, 0.4) is 0 Å². The molecule has 0 atom stereocenters. The van der Waals surface area contributed by atoms with Crippen molar-refractivity contribution >= 4 is 29.2 Å². The predicted molar refractivity (Wildman–Crippen MR) is 171 cm³/mol. The van der Waals surface area contributed by atoms with E-state index in [4.69, 9.17) is 19.4 Å². The van der Waals surface area contributed by atoms with E-state index in [0.29, 0.717) is 25.0 Å². The lowest BCUT2D eigenvalue weighted by atomic mass is 9.95. The summed E-state index contributed by atoms with van der Waals surface area (Å²) in [6.07, 6.45) is 11.5. The molecule has 0 unspecified atom stereocenters. The first-order valence-corrected chi connectivity index (χ1v) is 15.7. The minimum atomic E-state index is -0.141. The van der Waals surface area contributed by atoms with Crippen molar-refractivity contribution in [3.63, 3.8) is 0 Å². The Morgan fingerprint density at radius 2 is 1.65 bits per heavy atom. The fourth-order valence-electron chi connectivity index (χ4n) is 5.82. The van der Waals surface area contributed by atoms with Gasteiger partial charge in [-0.1, -0.05) is 44.2 Å². The molecule has 0 saturated heterocycles. The van der Waals surface area contributed by atoms with E-state index in [-0.39, 0.29) is 5.97 Å². The van der Waals surface area contributed by atoms with Gasteiger partial charge in [0.1, 0.15) is 23.1 Å². The van der Waals surface area contributed by atoms with Gasteiger partial charge < -0.3 is 29.7 Å². The van der Waals surface area contributed by atoms with Gasteiger partial charge in [0.05, 0.1) is 20.8 Å². The van der Waals surface area contributed by atoms with Crippen molar-refractivity contribution < 1.29 is 19.0 Å². The maximum atomic E-state index is 11.2. The first kappa shape index (κ1) is 30.4. The standard InChI is InChI=1S/C34H45N5O4/c1-41-28-17-13-25(14-18-28)24-39-22-21-30-32(35-26-10-6-5-7-11-26)37-34(38-33(30)39)36-27-15-19-29(20-16-27)43-23-9-4-3-8-12-31(40)42-2/h13-20,26H,3-12,21-24H2,1-2H3,(H2,35,36,37,38). The number of methoxy groups -OCH3 is 2. The van der Waals surface area contributed by atoms with Gasteiger partial charge in [0.15, 0.2) is 0 Å². The van der Waals surface area contributed by atoms with Crippen molar-refractivity contribution in [2.75, 3.05) is 42.9 Å². The Kier molecular flexibility index (Phi) is 10.9. The molecule has 9 heteroatoms. The molecule has 43 heavy (non-hydrogen) atoms. The van der Waals surface area contributed by atoms with Gasteiger partial charge in [-0.15, -0.1) is 0 Å². The number of fused-ring (bicyclic) bond motifs is 1. The van der Waals surface area contributed by atoms with E-state index in [1.807, 2.05) is 36.4 Å². The number of carbonyl (C=O) groups is 1. The van der Waals surface area contributed by atoms with E-state index in [9.17, 15) is 4.79 Å². The molecule has 1 aliphatic carbocycles. The van der Waals surface area contributed by atoms with Crippen molar-refractivity contribution in [1.82, 2.24) is 9.97 Å². The van der Waals surface area contributed by atoms with Gasteiger partial charge in [-0.3, -0.25) is 4.79 Å². The molecular formula is C34H45N5O4. The van der Waals surface area contributed by atoms with E-state index in [0.717, 1.165) is 74.0 Å². The van der Waals surface area contributed by atoms with Crippen LogP contribution in [0.2, 0.25) is 0 Å². The fraction of sp³-hybridized carbons (Fsp3) is 0.500. The van der Waals surface area contributed by atoms with Crippen LogP contribution in [0.25, 0.3) is 0 Å². The molecule has 0 radical (unpaired) electrons. The minimum Gasteiger partial charge on any atom is -0.497 e. The zero-order valence-corrected chi connectivity index (χ0v) is 25.6. The molecule has 3 aromatic rings. The minimum absolute atomic E-state index is 0.141. The predicted octanol–water partition coefficient (Wildman–Crippen LogP) is 7.04. The van der Waals surface area contributed by atoms with Gasteiger partial charge in [-0.2, -0.15) is 9.97 Å². The molecule has 230 valence electrons. The molecule has 2 aromatic carbocycles. The van der Waals surface area contributed by atoms with Crippen molar-refractivity contribution in [2.45, 2.75) is 83.2 Å². The highest BCUT2D eigenvalue weighted by atomic mass is 16.5. The zero-order valence-electron chi connectivity index (χ0n) is 25.6. The highest BCUT2D eigenvalue weighted by molar-refractivity contribution is 5.69. The average Bonchev–Trinajstić information content (AvgIpc) is 3.44. The molecule has 0 spiro atoms. The summed E-state index contributed by atoms with van der Waals surface area (Å²) in [5, 5.41) is 7.23. The van der Waals surface area contributed by atoms with Gasteiger partial charge in [0.25, 0.3) is 0 Å². The number of unbranched alkanes of at least 4 members (excludes halogenated alkanes) is 3. The molecule has 5 rings (SSSR count). The Labute approximate surface area is 255 Å². The highest BCUT2D eigenvalue weighted by Crippen LogP contribution is 2.35. The number of nitrogens with zero attached hydrogens (tertiary/aromatic N) is 3. The number of anilines is 4. The summed E-state index contributed by atoms with van der Waals surface area (Å²) < 4.78 is 16.0. The molecule has 9 nitrogen and oxygen atoms in total.